The molecule has 0 aliphatic heterocycles. The smallest absolute Gasteiger partial charge is 0.135 e. The third-order valence-electron chi connectivity index (χ3n) is 3.96. The molecular weight excluding hydrogens is 280 g/mol. The summed E-state index contributed by atoms with van der Waals surface area (Å²) in [6.45, 7) is 9.44. The molecule has 0 aromatic carbocycles. The Morgan fingerprint density at radius 2 is 1.90 bits per heavy atom. The van der Waals surface area contributed by atoms with Gasteiger partial charge in [-0.1, -0.05) is 20.3 Å². The second-order valence-corrected chi connectivity index (χ2v) is 7.21. The van der Waals surface area contributed by atoms with Gasteiger partial charge in [0.05, 0.1) is 0 Å². The van der Waals surface area contributed by atoms with Crippen LogP contribution in [-0.2, 0) is 0 Å². The molecule has 4 nitrogen and oxygen atoms in total. The maximum atomic E-state index is 4.63. The van der Waals surface area contributed by atoms with Gasteiger partial charge >= 0.3 is 0 Å². The van der Waals surface area contributed by atoms with E-state index in [-0.39, 0.29) is 0 Å². The molecule has 0 radical (unpaired) electrons. The first-order chi connectivity index (χ1) is 10.2. The number of rotatable bonds is 7. The molecule has 1 fully saturated rings. The van der Waals surface area contributed by atoms with Crippen molar-refractivity contribution in [1.82, 2.24) is 9.97 Å². The monoisotopic (exact) mass is 308 g/mol. The number of aromatic nitrogens is 2. The van der Waals surface area contributed by atoms with Gasteiger partial charge in [-0.3, -0.25) is 0 Å². The van der Waals surface area contributed by atoms with Crippen LogP contribution in [0.4, 0.5) is 11.6 Å². The lowest BCUT2D eigenvalue weighted by atomic mass is 10.2. The Balaban J connectivity index is 2.13. The molecule has 1 heterocycles. The van der Waals surface area contributed by atoms with E-state index in [1.807, 2.05) is 6.92 Å². The van der Waals surface area contributed by atoms with E-state index in [4.69, 9.17) is 0 Å². The minimum atomic E-state index is 0.543. The summed E-state index contributed by atoms with van der Waals surface area (Å²) < 4.78 is 0. The molecule has 2 N–H and O–H groups in total. The molecule has 1 aromatic rings. The van der Waals surface area contributed by atoms with Gasteiger partial charge in [0.2, 0.25) is 0 Å². The van der Waals surface area contributed by atoms with E-state index in [0.29, 0.717) is 6.04 Å². The van der Waals surface area contributed by atoms with Crippen LogP contribution in [0.1, 0.15) is 50.9 Å². The minimum Gasteiger partial charge on any atom is -0.370 e. The Hall–Kier alpha value is -0.970. The Bertz CT molecular complexity index is 464. The van der Waals surface area contributed by atoms with E-state index in [1.54, 1.807) is 0 Å². The third kappa shape index (κ3) is 4.25. The molecule has 1 aliphatic carbocycles. The number of hydrogen-bond acceptors (Lipinski definition) is 5. The summed E-state index contributed by atoms with van der Waals surface area (Å²) in [4.78, 5) is 9.16. The van der Waals surface area contributed by atoms with E-state index in [0.717, 1.165) is 41.2 Å². The Labute approximate surface area is 132 Å². The molecule has 0 saturated heterocycles. The molecular formula is C16H28N4S. The van der Waals surface area contributed by atoms with Crippen molar-refractivity contribution in [2.75, 3.05) is 22.9 Å². The van der Waals surface area contributed by atoms with Crippen molar-refractivity contribution in [3.8, 4) is 0 Å². The number of aryl methyl sites for hydroxylation is 1. The van der Waals surface area contributed by atoms with Crippen LogP contribution < -0.4 is 10.6 Å². The van der Waals surface area contributed by atoms with E-state index in [9.17, 15) is 0 Å². The van der Waals surface area contributed by atoms with Gasteiger partial charge in [0.15, 0.2) is 0 Å². The first-order valence-corrected chi connectivity index (χ1v) is 9.17. The summed E-state index contributed by atoms with van der Waals surface area (Å²) in [5.74, 6) is 4.01. The first-order valence-electron chi connectivity index (χ1n) is 8.13. The van der Waals surface area contributed by atoms with E-state index in [1.165, 1.54) is 25.0 Å². The van der Waals surface area contributed by atoms with Crippen LogP contribution in [-0.4, -0.2) is 33.6 Å². The highest BCUT2D eigenvalue weighted by Crippen LogP contribution is 2.33. The number of nitrogens with zero attached hydrogens (tertiary/aromatic N) is 2. The Kier molecular flexibility index (Phi) is 6.15. The number of anilines is 2. The topological polar surface area (TPSA) is 49.8 Å². The molecule has 2 atom stereocenters. The summed E-state index contributed by atoms with van der Waals surface area (Å²) in [5.41, 5.74) is 1.14. The Morgan fingerprint density at radius 1 is 1.14 bits per heavy atom. The SMILES string of the molecule is CCCNc1nc(C)nc(NC2CCCC2SCC)c1C. The van der Waals surface area contributed by atoms with Crippen molar-refractivity contribution in [3.63, 3.8) is 0 Å². The van der Waals surface area contributed by atoms with Crippen LogP contribution in [0.2, 0.25) is 0 Å². The van der Waals surface area contributed by atoms with Crippen molar-refractivity contribution in [3.05, 3.63) is 11.4 Å². The number of nitrogens with one attached hydrogen (secondary N) is 2. The summed E-state index contributed by atoms with van der Waals surface area (Å²) in [5, 5.41) is 7.82. The molecule has 2 unspecified atom stereocenters. The van der Waals surface area contributed by atoms with E-state index in [2.05, 4.69) is 53.1 Å². The lowest BCUT2D eigenvalue weighted by Crippen LogP contribution is -2.27. The average Bonchev–Trinajstić information content (AvgIpc) is 2.88. The largest absolute Gasteiger partial charge is 0.370 e. The standard InChI is InChI=1S/C16H28N4S/c1-5-10-17-15-11(3)16(19-12(4)18-15)20-13-8-7-9-14(13)21-6-2/h13-14H,5-10H2,1-4H3,(H2,17,18,19,20). The molecule has 118 valence electrons. The fraction of sp³-hybridized carbons (Fsp3) is 0.750. The summed E-state index contributed by atoms with van der Waals surface area (Å²) in [6, 6.07) is 0.543. The lowest BCUT2D eigenvalue weighted by Gasteiger charge is -2.22. The van der Waals surface area contributed by atoms with Crippen LogP contribution in [0.15, 0.2) is 0 Å². The molecule has 0 spiro atoms. The van der Waals surface area contributed by atoms with Crippen LogP contribution in [0.25, 0.3) is 0 Å². The van der Waals surface area contributed by atoms with Crippen molar-refractivity contribution in [1.29, 1.82) is 0 Å². The molecule has 1 aromatic heterocycles. The second-order valence-electron chi connectivity index (χ2n) is 5.70. The van der Waals surface area contributed by atoms with Gasteiger partial charge in [-0.25, -0.2) is 9.97 Å². The van der Waals surface area contributed by atoms with Crippen molar-refractivity contribution in [2.24, 2.45) is 0 Å². The van der Waals surface area contributed by atoms with Gasteiger partial charge in [0.25, 0.3) is 0 Å². The molecule has 5 heteroatoms. The van der Waals surface area contributed by atoms with E-state index >= 15 is 0 Å². The van der Waals surface area contributed by atoms with Gasteiger partial charge in [0, 0.05) is 23.4 Å². The first kappa shape index (κ1) is 16.4. The van der Waals surface area contributed by atoms with Crippen LogP contribution in [0.3, 0.4) is 0 Å². The summed E-state index contributed by atoms with van der Waals surface area (Å²) in [7, 11) is 0. The maximum absolute atomic E-state index is 4.63. The number of hydrogen-bond donors (Lipinski definition) is 2. The van der Waals surface area contributed by atoms with Crippen LogP contribution in [0, 0.1) is 13.8 Å². The average molecular weight is 308 g/mol. The van der Waals surface area contributed by atoms with Gasteiger partial charge < -0.3 is 10.6 Å². The summed E-state index contributed by atoms with van der Waals surface area (Å²) >= 11 is 2.07. The molecule has 1 saturated carbocycles. The van der Waals surface area contributed by atoms with Crippen molar-refractivity contribution in [2.45, 2.75) is 64.7 Å². The zero-order valence-corrected chi connectivity index (χ0v) is 14.5. The molecule has 0 amide bonds. The summed E-state index contributed by atoms with van der Waals surface area (Å²) in [6.07, 6.45) is 4.99. The third-order valence-corrected chi connectivity index (χ3v) is 5.28. The van der Waals surface area contributed by atoms with E-state index < -0.39 is 0 Å². The highest BCUT2D eigenvalue weighted by atomic mass is 32.2. The normalized spacial score (nSPS) is 21.5. The van der Waals surface area contributed by atoms with Gasteiger partial charge in [-0.2, -0.15) is 11.8 Å². The lowest BCUT2D eigenvalue weighted by molar-refractivity contribution is 0.758. The molecule has 21 heavy (non-hydrogen) atoms. The highest BCUT2D eigenvalue weighted by molar-refractivity contribution is 7.99. The quantitative estimate of drug-likeness (QED) is 0.797. The zero-order chi connectivity index (χ0) is 15.2. The van der Waals surface area contributed by atoms with Crippen LogP contribution >= 0.6 is 11.8 Å². The van der Waals surface area contributed by atoms with Gasteiger partial charge in [0.1, 0.15) is 17.5 Å². The van der Waals surface area contributed by atoms with Crippen molar-refractivity contribution >= 4 is 23.4 Å². The predicted molar refractivity (Wildman–Crippen MR) is 93.5 cm³/mol. The van der Waals surface area contributed by atoms with Gasteiger partial charge in [-0.15, -0.1) is 0 Å². The Morgan fingerprint density at radius 3 is 2.62 bits per heavy atom. The molecule has 1 aliphatic rings. The van der Waals surface area contributed by atoms with Crippen LogP contribution in [0.5, 0.6) is 0 Å². The van der Waals surface area contributed by atoms with Gasteiger partial charge in [-0.05, 0) is 38.9 Å². The maximum Gasteiger partial charge on any atom is 0.135 e. The predicted octanol–water partition coefficient (Wildman–Crippen LogP) is 4.00. The highest BCUT2D eigenvalue weighted by Gasteiger charge is 2.28. The van der Waals surface area contributed by atoms with Crippen molar-refractivity contribution < 1.29 is 0 Å². The zero-order valence-electron chi connectivity index (χ0n) is 13.7. The fourth-order valence-electron chi connectivity index (χ4n) is 2.86. The second kappa shape index (κ2) is 7.87. The number of thioether (sulfide) groups is 1. The molecule has 0 bridgehead atoms. The fourth-order valence-corrected chi connectivity index (χ4v) is 4.06. The molecule has 2 rings (SSSR count). The minimum absolute atomic E-state index is 0.543.